The first-order valence-corrected chi connectivity index (χ1v) is 5.69. The lowest BCUT2D eigenvalue weighted by molar-refractivity contribution is 0.583. The summed E-state index contributed by atoms with van der Waals surface area (Å²) in [6.07, 6.45) is 2.46. The van der Waals surface area contributed by atoms with E-state index in [-0.39, 0.29) is 6.04 Å². The highest BCUT2D eigenvalue weighted by atomic mass is 14.9. The predicted octanol–water partition coefficient (Wildman–Crippen LogP) is 2.32. The van der Waals surface area contributed by atoms with Crippen LogP contribution in [0.15, 0.2) is 6.07 Å². The number of hydrogen-bond donors (Lipinski definition) is 1. The average molecular weight is 205 g/mol. The Bertz CT molecular complexity index is 356. The van der Waals surface area contributed by atoms with E-state index >= 15 is 0 Å². The lowest BCUT2D eigenvalue weighted by atomic mass is 10.1. The molecule has 2 N–H and O–H groups in total. The van der Waals surface area contributed by atoms with Gasteiger partial charge in [-0.15, -0.1) is 0 Å². The van der Waals surface area contributed by atoms with Crippen LogP contribution < -0.4 is 5.73 Å². The van der Waals surface area contributed by atoms with Crippen LogP contribution in [0.3, 0.4) is 0 Å². The second-order valence-electron chi connectivity index (χ2n) is 4.81. The summed E-state index contributed by atoms with van der Waals surface area (Å²) in [7, 11) is 0. The number of rotatable bonds is 3. The van der Waals surface area contributed by atoms with Crippen LogP contribution in [0.1, 0.15) is 55.9 Å². The molecule has 1 fully saturated rings. The van der Waals surface area contributed by atoms with Crippen molar-refractivity contribution in [2.45, 2.75) is 45.6 Å². The summed E-state index contributed by atoms with van der Waals surface area (Å²) < 4.78 is 0. The van der Waals surface area contributed by atoms with Crippen LogP contribution in [0.25, 0.3) is 0 Å². The molecule has 3 nitrogen and oxygen atoms in total. The maximum Gasteiger partial charge on any atom is 0.145 e. The van der Waals surface area contributed by atoms with Gasteiger partial charge in [-0.1, -0.05) is 13.8 Å². The van der Waals surface area contributed by atoms with Gasteiger partial charge in [0.2, 0.25) is 0 Å². The Morgan fingerprint density at radius 2 is 2.00 bits per heavy atom. The highest BCUT2D eigenvalue weighted by Gasteiger charge is 2.31. The molecule has 15 heavy (non-hydrogen) atoms. The largest absolute Gasteiger partial charge is 0.321 e. The van der Waals surface area contributed by atoms with Crippen LogP contribution in [0.2, 0.25) is 0 Å². The summed E-state index contributed by atoms with van der Waals surface area (Å²) >= 11 is 0. The van der Waals surface area contributed by atoms with Gasteiger partial charge in [0.25, 0.3) is 0 Å². The summed E-state index contributed by atoms with van der Waals surface area (Å²) in [5, 5.41) is 0. The number of nitrogens with two attached hydrogens (primary N) is 1. The Hall–Kier alpha value is -0.960. The zero-order valence-electron chi connectivity index (χ0n) is 9.70. The third-order valence-corrected chi connectivity index (χ3v) is 2.91. The van der Waals surface area contributed by atoms with Crippen LogP contribution in [0.5, 0.6) is 0 Å². The van der Waals surface area contributed by atoms with Crippen LogP contribution in [-0.4, -0.2) is 9.97 Å². The van der Waals surface area contributed by atoms with Crippen molar-refractivity contribution in [1.82, 2.24) is 9.97 Å². The standard InChI is InChI=1S/C12H19N3/c1-7(2)10-6-8(3)14-12(15-10)11(13)9-4-5-9/h6-7,9,11H,4-5,13H2,1-3H3. The van der Waals surface area contributed by atoms with Gasteiger partial charge < -0.3 is 5.73 Å². The Balaban J connectivity index is 2.29. The Kier molecular flexibility index (Phi) is 2.74. The van der Waals surface area contributed by atoms with Gasteiger partial charge in [-0.05, 0) is 37.7 Å². The first-order chi connectivity index (χ1) is 7.08. The van der Waals surface area contributed by atoms with Gasteiger partial charge in [0.05, 0.1) is 6.04 Å². The third-order valence-electron chi connectivity index (χ3n) is 2.91. The molecule has 0 bridgehead atoms. The van der Waals surface area contributed by atoms with Crippen LogP contribution >= 0.6 is 0 Å². The number of hydrogen-bond acceptors (Lipinski definition) is 3. The van der Waals surface area contributed by atoms with E-state index in [9.17, 15) is 0 Å². The van der Waals surface area contributed by atoms with Crippen molar-refractivity contribution in [3.8, 4) is 0 Å². The molecule has 1 aromatic rings. The molecule has 2 rings (SSSR count). The van der Waals surface area contributed by atoms with E-state index < -0.39 is 0 Å². The minimum absolute atomic E-state index is 0.0439. The smallest absolute Gasteiger partial charge is 0.145 e. The SMILES string of the molecule is Cc1cc(C(C)C)nc(C(N)C2CC2)n1. The maximum absolute atomic E-state index is 6.11. The van der Waals surface area contributed by atoms with E-state index in [1.54, 1.807) is 0 Å². The van der Waals surface area contributed by atoms with Crippen molar-refractivity contribution in [2.75, 3.05) is 0 Å². The van der Waals surface area contributed by atoms with Gasteiger partial charge in [-0.25, -0.2) is 9.97 Å². The molecule has 3 heteroatoms. The molecule has 1 unspecified atom stereocenters. The minimum atomic E-state index is 0.0439. The molecule has 0 amide bonds. The zero-order valence-corrected chi connectivity index (χ0v) is 9.70. The molecule has 0 aromatic carbocycles. The maximum atomic E-state index is 6.11. The van der Waals surface area contributed by atoms with Crippen molar-refractivity contribution in [1.29, 1.82) is 0 Å². The van der Waals surface area contributed by atoms with Gasteiger partial charge in [-0.2, -0.15) is 0 Å². The molecular weight excluding hydrogens is 186 g/mol. The Morgan fingerprint density at radius 1 is 1.33 bits per heavy atom. The molecule has 1 atom stereocenters. The molecule has 1 saturated carbocycles. The second-order valence-corrected chi connectivity index (χ2v) is 4.81. The third kappa shape index (κ3) is 2.34. The number of nitrogens with zero attached hydrogens (tertiary/aromatic N) is 2. The monoisotopic (exact) mass is 205 g/mol. The number of aromatic nitrogens is 2. The average Bonchev–Trinajstić information content (AvgIpc) is 2.98. The quantitative estimate of drug-likeness (QED) is 0.824. The fraction of sp³-hybridized carbons (Fsp3) is 0.667. The van der Waals surface area contributed by atoms with E-state index in [4.69, 9.17) is 5.73 Å². The van der Waals surface area contributed by atoms with E-state index in [1.165, 1.54) is 12.8 Å². The Morgan fingerprint density at radius 3 is 2.53 bits per heavy atom. The van der Waals surface area contributed by atoms with Crippen LogP contribution in [0.4, 0.5) is 0 Å². The van der Waals surface area contributed by atoms with E-state index in [2.05, 4.69) is 23.8 Å². The van der Waals surface area contributed by atoms with Crippen molar-refractivity contribution in [2.24, 2.45) is 11.7 Å². The summed E-state index contributed by atoms with van der Waals surface area (Å²) in [6, 6.07) is 2.09. The van der Waals surface area contributed by atoms with E-state index in [1.807, 2.05) is 13.0 Å². The molecule has 1 aliphatic carbocycles. The fourth-order valence-electron chi connectivity index (χ4n) is 1.73. The number of aryl methyl sites for hydroxylation is 1. The molecular formula is C12H19N3. The van der Waals surface area contributed by atoms with Crippen molar-refractivity contribution in [3.63, 3.8) is 0 Å². The lowest BCUT2D eigenvalue weighted by Gasteiger charge is -2.12. The molecule has 0 radical (unpaired) electrons. The highest BCUT2D eigenvalue weighted by Crippen LogP contribution is 2.38. The fourth-order valence-corrected chi connectivity index (χ4v) is 1.73. The summed E-state index contributed by atoms with van der Waals surface area (Å²) in [6.45, 7) is 6.30. The summed E-state index contributed by atoms with van der Waals surface area (Å²) in [4.78, 5) is 9.00. The molecule has 1 heterocycles. The Labute approximate surface area is 91.1 Å². The lowest BCUT2D eigenvalue weighted by Crippen LogP contribution is -2.17. The molecule has 0 spiro atoms. The molecule has 1 aliphatic rings. The second kappa shape index (κ2) is 3.89. The zero-order chi connectivity index (χ0) is 11.0. The van der Waals surface area contributed by atoms with Gasteiger partial charge in [0, 0.05) is 11.4 Å². The summed E-state index contributed by atoms with van der Waals surface area (Å²) in [5.74, 6) is 1.89. The molecule has 82 valence electrons. The first kappa shape index (κ1) is 10.6. The van der Waals surface area contributed by atoms with Crippen molar-refractivity contribution >= 4 is 0 Å². The van der Waals surface area contributed by atoms with Gasteiger partial charge in [0.1, 0.15) is 5.82 Å². The van der Waals surface area contributed by atoms with Gasteiger partial charge in [0.15, 0.2) is 0 Å². The molecule has 1 aromatic heterocycles. The van der Waals surface area contributed by atoms with Crippen molar-refractivity contribution < 1.29 is 0 Å². The van der Waals surface area contributed by atoms with Gasteiger partial charge >= 0.3 is 0 Å². The normalized spacial score (nSPS) is 18.2. The first-order valence-electron chi connectivity index (χ1n) is 5.69. The summed E-state index contributed by atoms with van der Waals surface area (Å²) in [5.41, 5.74) is 8.25. The van der Waals surface area contributed by atoms with Crippen LogP contribution in [0, 0.1) is 12.8 Å². The minimum Gasteiger partial charge on any atom is -0.321 e. The van der Waals surface area contributed by atoms with E-state index in [0.717, 1.165) is 17.2 Å². The molecule has 0 aliphatic heterocycles. The van der Waals surface area contributed by atoms with Gasteiger partial charge in [-0.3, -0.25) is 0 Å². The predicted molar refractivity (Wildman–Crippen MR) is 60.5 cm³/mol. The van der Waals surface area contributed by atoms with E-state index in [0.29, 0.717) is 11.8 Å². The highest BCUT2D eigenvalue weighted by molar-refractivity contribution is 5.15. The van der Waals surface area contributed by atoms with Crippen molar-refractivity contribution in [3.05, 3.63) is 23.3 Å². The molecule has 0 saturated heterocycles. The topological polar surface area (TPSA) is 51.8 Å². The van der Waals surface area contributed by atoms with Crippen LogP contribution in [-0.2, 0) is 0 Å².